The van der Waals surface area contributed by atoms with Gasteiger partial charge in [-0.15, -0.1) is 0 Å². The number of piperazine rings is 1. The molecule has 1 aliphatic heterocycles. The van der Waals surface area contributed by atoms with Crippen LogP contribution in [-0.4, -0.2) is 54.7 Å². The van der Waals surface area contributed by atoms with Gasteiger partial charge in [-0.25, -0.2) is 4.79 Å². The van der Waals surface area contributed by atoms with Gasteiger partial charge in [0.2, 0.25) is 5.91 Å². The van der Waals surface area contributed by atoms with E-state index in [0.29, 0.717) is 19.6 Å². The molecule has 0 aromatic heterocycles. The van der Waals surface area contributed by atoms with Gasteiger partial charge in [0.15, 0.2) is 0 Å². The highest BCUT2D eigenvalue weighted by molar-refractivity contribution is 5.83. The van der Waals surface area contributed by atoms with Gasteiger partial charge in [-0.3, -0.25) is 4.79 Å². The molecule has 1 aliphatic rings. The van der Waals surface area contributed by atoms with E-state index in [0.717, 1.165) is 11.4 Å². The van der Waals surface area contributed by atoms with Crippen molar-refractivity contribution in [1.82, 2.24) is 4.90 Å². The zero-order valence-corrected chi connectivity index (χ0v) is 11.6. The molecule has 1 N–H and O–H groups in total. The van der Waals surface area contributed by atoms with E-state index in [4.69, 9.17) is 4.74 Å². The monoisotopic (exact) mass is 278 g/mol. The Morgan fingerprint density at radius 3 is 2.40 bits per heavy atom. The van der Waals surface area contributed by atoms with Gasteiger partial charge in [0.05, 0.1) is 7.11 Å². The molecule has 1 atom stereocenters. The Kier molecular flexibility index (Phi) is 4.12. The van der Waals surface area contributed by atoms with Crippen molar-refractivity contribution in [2.45, 2.75) is 13.0 Å². The molecule has 2 rings (SSSR count). The van der Waals surface area contributed by atoms with Crippen LogP contribution >= 0.6 is 0 Å². The number of hydrogen-bond donors (Lipinski definition) is 1. The lowest BCUT2D eigenvalue weighted by atomic mass is 10.1. The molecule has 6 nitrogen and oxygen atoms in total. The third-order valence-electron chi connectivity index (χ3n) is 3.51. The van der Waals surface area contributed by atoms with Crippen LogP contribution in [0.4, 0.5) is 5.69 Å². The molecule has 0 radical (unpaired) electrons. The highest BCUT2D eigenvalue weighted by Gasteiger charge is 2.33. The molecule has 20 heavy (non-hydrogen) atoms. The van der Waals surface area contributed by atoms with Crippen molar-refractivity contribution in [3.05, 3.63) is 24.3 Å². The van der Waals surface area contributed by atoms with E-state index in [1.807, 2.05) is 29.2 Å². The summed E-state index contributed by atoms with van der Waals surface area (Å²) in [6, 6.07) is 6.65. The van der Waals surface area contributed by atoms with E-state index in [2.05, 4.69) is 0 Å². The highest BCUT2D eigenvalue weighted by atomic mass is 16.5. The lowest BCUT2D eigenvalue weighted by Gasteiger charge is -2.40. The summed E-state index contributed by atoms with van der Waals surface area (Å²) in [5.41, 5.74) is 0.931. The van der Waals surface area contributed by atoms with Crippen molar-refractivity contribution in [3.8, 4) is 5.75 Å². The molecular formula is C14H18N2O4. The van der Waals surface area contributed by atoms with Crippen molar-refractivity contribution in [2.24, 2.45) is 0 Å². The number of ether oxygens (including phenoxy) is 1. The standard InChI is InChI=1S/C14H18N2O4/c1-10(17)16-8-7-15(9-13(16)14(18)19)11-3-5-12(20-2)6-4-11/h3-6,13H,7-9H2,1-2H3,(H,18,19)/t13-/m0/s1. The minimum absolute atomic E-state index is 0.202. The Morgan fingerprint density at radius 2 is 1.90 bits per heavy atom. The second-order valence-corrected chi connectivity index (χ2v) is 4.71. The topological polar surface area (TPSA) is 70.1 Å². The summed E-state index contributed by atoms with van der Waals surface area (Å²) in [6.07, 6.45) is 0. The smallest absolute Gasteiger partial charge is 0.328 e. The molecule has 1 saturated heterocycles. The van der Waals surface area contributed by atoms with Gasteiger partial charge in [-0.2, -0.15) is 0 Å². The first-order valence-corrected chi connectivity index (χ1v) is 6.42. The van der Waals surface area contributed by atoms with E-state index in [1.54, 1.807) is 7.11 Å². The number of anilines is 1. The molecule has 1 aromatic rings. The molecule has 0 unspecified atom stereocenters. The summed E-state index contributed by atoms with van der Waals surface area (Å²) in [4.78, 5) is 26.1. The summed E-state index contributed by atoms with van der Waals surface area (Å²) in [6.45, 7) is 2.73. The molecule has 0 bridgehead atoms. The number of nitrogens with zero attached hydrogens (tertiary/aromatic N) is 2. The fraction of sp³-hybridized carbons (Fsp3) is 0.429. The first-order valence-electron chi connectivity index (χ1n) is 6.42. The van der Waals surface area contributed by atoms with Gasteiger partial charge in [-0.05, 0) is 24.3 Å². The van der Waals surface area contributed by atoms with Crippen molar-refractivity contribution in [1.29, 1.82) is 0 Å². The maximum atomic E-state index is 11.5. The summed E-state index contributed by atoms with van der Waals surface area (Å²) in [7, 11) is 1.60. The van der Waals surface area contributed by atoms with Crippen molar-refractivity contribution >= 4 is 17.6 Å². The van der Waals surface area contributed by atoms with Gasteiger partial charge in [0, 0.05) is 32.2 Å². The van der Waals surface area contributed by atoms with Crippen molar-refractivity contribution in [2.75, 3.05) is 31.6 Å². The van der Waals surface area contributed by atoms with Gasteiger partial charge >= 0.3 is 5.97 Å². The maximum absolute atomic E-state index is 11.5. The molecule has 108 valence electrons. The van der Waals surface area contributed by atoms with Crippen LogP contribution in [0.5, 0.6) is 5.75 Å². The average molecular weight is 278 g/mol. The summed E-state index contributed by atoms with van der Waals surface area (Å²) in [5, 5.41) is 9.26. The number of amides is 1. The Balaban J connectivity index is 2.15. The van der Waals surface area contributed by atoms with E-state index in [-0.39, 0.29) is 5.91 Å². The number of hydrogen-bond acceptors (Lipinski definition) is 4. The predicted molar refractivity (Wildman–Crippen MR) is 74.0 cm³/mol. The third-order valence-corrected chi connectivity index (χ3v) is 3.51. The second kappa shape index (κ2) is 5.81. The van der Waals surface area contributed by atoms with Crippen molar-refractivity contribution in [3.63, 3.8) is 0 Å². The molecule has 0 spiro atoms. The minimum Gasteiger partial charge on any atom is -0.497 e. The molecule has 6 heteroatoms. The van der Waals surface area contributed by atoms with Crippen molar-refractivity contribution < 1.29 is 19.4 Å². The molecule has 0 saturated carbocycles. The largest absolute Gasteiger partial charge is 0.497 e. The van der Waals surface area contributed by atoms with E-state index in [9.17, 15) is 14.7 Å². The van der Waals surface area contributed by atoms with Gasteiger partial charge in [-0.1, -0.05) is 0 Å². The minimum atomic E-state index is -0.974. The quantitative estimate of drug-likeness (QED) is 0.886. The fourth-order valence-corrected chi connectivity index (χ4v) is 2.40. The van der Waals surface area contributed by atoms with E-state index in [1.165, 1.54) is 11.8 Å². The summed E-state index contributed by atoms with van der Waals surface area (Å²) in [5.74, 6) is -0.420. The van der Waals surface area contributed by atoms with Crippen LogP contribution in [0.25, 0.3) is 0 Å². The number of aliphatic carboxylic acids is 1. The highest BCUT2D eigenvalue weighted by Crippen LogP contribution is 2.22. The van der Waals surface area contributed by atoms with Crippen LogP contribution in [0.3, 0.4) is 0 Å². The van der Waals surface area contributed by atoms with Crippen LogP contribution in [0.2, 0.25) is 0 Å². The van der Waals surface area contributed by atoms with Crippen LogP contribution in [-0.2, 0) is 9.59 Å². The first-order chi connectivity index (χ1) is 9.52. The van der Waals surface area contributed by atoms with Gasteiger partial charge in [0.1, 0.15) is 11.8 Å². The van der Waals surface area contributed by atoms with Crippen LogP contribution in [0.1, 0.15) is 6.92 Å². The second-order valence-electron chi connectivity index (χ2n) is 4.71. The molecule has 1 aromatic carbocycles. The summed E-state index contributed by atoms with van der Waals surface area (Å²) >= 11 is 0. The predicted octanol–water partition coefficient (Wildman–Crippen LogP) is 0.817. The fourth-order valence-electron chi connectivity index (χ4n) is 2.40. The zero-order chi connectivity index (χ0) is 14.7. The Labute approximate surface area is 117 Å². The number of carbonyl (C=O) groups is 2. The molecule has 1 heterocycles. The van der Waals surface area contributed by atoms with E-state index >= 15 is 0 Å². The number of carboxylic acid groups (broad SMARTS) is 1. The van der Waals surface area contributed by atoms with Gasteiger partial charge < -0.3 is 19.6 Å². The van der Waals surface area contributed by atoms with Crippen LogP contribution < -0.4 is 9.64 Å². The maximum Gasteiger partial charge on any atom is 0.328 e. The summed E-state index contributed by atoms with van der Waals surface area (Å²) < 4.78 is 5.10. The zero-order valence-electron chi connectivity index (χ0n) is 11.6. The van der Waals surface area contributed by atoms with Crippen LogP contribution in [0, 0.1) is 0 Å². The lowest BCUT2D eigenvalue weighted by Crippen LogP contribution is -2.58. The van der Waals surface area contributed by atoms with Crippen LogP contribution in [0.15, 0.2) is 24.3 Å². The Bertz CT molecular complexity index is 500. The first kappa shape index (κ1) is 14.2. The Morgan fingerprint density at radius 1 is 1.25 bits per heavy atom. The molecule has 1 amide bonds. The Hall–Kier alpha value is -2.24. The lowest BCUT2D eigenvalue weighted by molar-refractivity contribution is -0.149. The number of carbonyl (C=O) groups excluding carboxylic acids is 1. The molecule has 0 aliphatic carbocycles. The van der Waals surface area contributed by atoms with Gasteiger partial charge in [0.25, 0.3) is 0 Å². The normalized spacial score (nSPS) is 18.8. The number of benzene rings is 1. The number of carboxylic acids is 1. The molecular weight excluding hydrogens is 260 g/mol. The molecule has 1 fully saturated rings. The SMILES string of the molecule is COc1ccc(N2CCN(C(C)=O)[C@H](C(=O)O)C2)cc1. The third kappa shape index (κ3) is 2.84. The van der Waals surface area contributed by atoms with E-state index < -0.39 is 12.0 Å². The number of rotatable bonds is 3. The average Bonchev–Trinajstić information content (AvgIpc) is 2.46. The number of methoxy groups -OCH3 is 1.